The zero-order chi connectivity index (χ0) is 11.5. The summed E-state index contributed by atoms with van der Waals surface area (Å²) in [5.74, 6) is -0.181. The lowest BCUT2D eigenvalue weighted by atomic mass is 10.1. The number of carbonyl (C=O) groups is 2. The van der Waals surface area contributed by atoms with Gasteiger partial charge in [0.2, 0.25) is 0 Å². The minimum absolute atomic E-state index is 0.0323. The molecule has 0 spiro atoms. The fourth-order valence-electron chi connectivity index (χ4n) is 2.18. The third-order valence-corrected chi connectivity index (χ3v) is 3.02. The third-order valence-electron chi connectivity index (χ3n) is 3.02. The fraction of sp³-hybridized carbons (Fsp3) is 0.800. The summed E-state index contributed by atoms with van der Waals surface area (Å²) in [5.41, 5.74) is 0. The Morgan fingerprint density at radius 2 is 2.50 bits per heavy atom. The van der Waals surface area contributed by atoms with Crippen LogP contribution in [-0.4, -0.2) is 56.4 Å². The Kier molecular flexibility index (Phi) is 3.28. The van der Waals surface area contributed by atoms with Gasteiger partial charge in [-0.2, -0.15) is 0 Å². The average molecular weight is 228 g/mol. The van der Waals surface area contributed by atoms with Crippen molar-refractivity contribution in [3.8, 4) is 0 Å². The van der Waals surface area contributed by atoms with E-state index in [0.717, 1.165) is 13.0 Å². The van der Waals surface area contributed by atoms with Crippen molar-refractivity contribution in [2.24, 2.45) is 5.92 Å². The Morgan fingerprint density at radius 3 is 3.12 bits per heavy atom. The summed E-state index contributed by atoms with van der Waals surface area (Å²) in [5, 5.41) is 2.61. The number of nitrogens with zero attached hydrogens (tertiary/aromatic N) is 1. The van der Waals surface area contributed by atoms with Crippen LogP contribution in [0.5, 0.6) is 0 Å². The number of nitrogens with one attached hydrogen (secondary N) is 1. The smallest absolute Gasteiger partial charge is 0.407 e. The summed E-state index contributed by atoms with van der Waals surface area (Å²) in [7, 11) is 1.41. The van der Waals surface area contributed by atoms with E-state index in [0.29, 0.717) is 19.6 Å². The fourth-order valence-corrected chi connectivity index (χ4v) is 2.18. The summed E-state index contributed by atoms with van der Waals surface area (Å²) in [6, 6.07) is 0. The molecular weight excluding hydrogens is 212 g/mol. The van der Waals surface area contributed by atoms with Crippen LogP contribution in [0.1, 0.15) is 6.42 Å². The van der Waals surface area contributed by atoms with Gasteiger partial charge in [0.15, 0.2) is 0 Å². The molecule has 2 heterocycles. The van der Waals surface area contributed by atoms with E-state index < -0.39 is 0 Å². The van der Waals surface area contributed by atoms with Crippen LogP contribution < -0.4 is 5.32 Å². The van der Waals surface area contributed by atoms with Crippen LogP contribution in [0.2, 0.25) is 0 Å². The Morgan fingerprint density at radius 1 is 1.69 bits per heavy atom. The zero-order valence-electron chi connectivity index (χ0n) is 9.27. The summed E-state index contributed by atoms with van der Waals surface area (Å²) in [6.45, 7) is 2.79. The van der Waals surface area contributed by atoms with Crippen LogP contribution in [0.25, 0.3) is 0 Å². The van der Waals surface area contributed by atoms with E-state index in [4.69, 9.17) is 9.47 Å². The number of ether oxygens (including phenoxy) is 2. The largest absolute Gasteiger partial charge is 0.469 e. The van der Waals surface area contributed by atoms with E-state index in [2.05, 4.69) is 10.2 Å². The quantitative estimate of drug-likeness (QED) is 0.665. The predicted octanol–water partition coefficient (Wildman–Crippen LogP) is -0.410. The molecule has 0 bridgehead atoms. The van der Waals surface area contributed by atoms with Crippen molar-refractivity contribution in [3.05, 3.63) is 0 Å². The van der Waals surface area contributed by atoms with Crippen LogP contribution >= 0.6 is 0 Å². The average Bonchev–Trinajstić information content (AvgIpc) is 2.87. The molecule has 2 rings (SSSR count). The first-order chi connectivity index (χ1) is 7.69. The third kappa shape index (κ3) is 2.44. The molecule has 2 saturated heterocycles. The molecule has 0 aromatic heterocycles. The first kappa shape index (κ1) is 11.2. The van der Waals surface area contributed by atoms with Crippen molar-refractivity contribution in [1.29, 1.82) is 0 Å². The van der Waals surface area contributed by atoms with Crippen molar-refractivity contribution >= 4 is 12.1 Å². The molecule has 2 aliphatic heterocycles. The zero-order valence-corrected chi connectivity index (χ0v) is 9.27. The second-order valence-electron chi connectivity index (χ2n) is 4.18. The highest BCUT2D eigenvalue weighted by atomic mass is 16.6. The highest BCUT2D eigenvalue weighted by Crippen LogP contribution is 2.18. The molecule has 6 nitrogen and oxygen atoms in total. The summed E-state index contributed by atoms with van der Waals surface area (Å²) >= 11 is 0. The number of amides is 1. The van der Waals surface area contributed by atoms with Gasteiger partial charge < -0.3 is 14.8 Å². The molecule has 0 saturated carbocycles. The predicted molar refractivity (Wildman–Crippen MR) is 54.8 cm³/mol. The second kappa shape index (κ2) is 4.69. The summed E-state index contributed by atoms with van der Waals surface area (Å²) in [6.07, 6.45) is 0.374. The van der Waals surface area contributed by atoms with E-state index in [1.807, 2.05) is 0 Å². The van der Waals surface area contributed by atoms with Gasteiger partial charge in [0.1, 0.15) is 6.10 Å². The molecular formula is C10H16N2O4. The molecule has 1 N–H and O–H groups in total. The van der Waals surface area contributed by atoms with Crippen LogP contribution in [0.3, 0.4) is 0 Å². The van der Waals surface area contributed by atoms with Crippen LogP contribution in [0.15, 0.2) is 0 Å². The Hall–Kier alpha value is -1.30. The van der Waals surface area contributed by atoms with Crippen molar-refractivity contribution in [2.75, 3.05) is 33.3 Å². The number of hydrogen-bond acceptors (Lipinski definition) is 5. The topological polar surface area (TPSA) is 67.9 Å². The lowest BCUT2D eigenvalue weighted by Crippen LogP contribution is -2.33. The molecule has 90 valence electrons. The van der Waals surface area contributed by atoms with Crippen molar-refractivity contribution < 1.29 is 19.1 Å². The molecule has 2 unspecified atom stereocenters. The first-order valence-corrected chi connectivity index (χ1v) is 5.43. The van der Waals surface area contributed by atoms with Gasteiger partial charge in [-0.15, -0.1) is 0 Å². The lowest BCUT2D eigenvalue weighted by Gasteiger charge is -2.18. The van der Waals surface area contributed by atoms with E-state index in [1.165, 1.54) is 7.11 Å². The number of methoxy groups -OCH3 is 1. The maximum atomic E-state index is 11.3. The van der Waals surface area contributed by atoms with Gasteiger partial charge in [-0.05, 0) is 13.0 Å². The van der Waals surface area contributed by atoms with E-state index in [1.54, 1.807) is 0 Å². The molecule has 0 aromatic carbocycles. The standard InChI is InChI=1S/C10H16N2O4/c1-15-9(13)7-2-3-12(5-7)6-8-4-11-10(14)16-8/h7-8H,2-6H2,1H3,(H,11,14). The summed E-state index contributed by atoms with van der Waals surface area (Å²) < 4.78 is 9.74. The van der Waals surface area contributed by atoms with Gasteiger partial charge in [0.25, 0.3) is 0 Å². The number of cyclic esters (lactones) is 1. The lowest BCUT2D eigenvalue weighted by molar-refractivity contribution is -0.144. The minimum atomic E-state index is -0.353. The minimum Gasteiger partial charge on any atom is -0.469 e. The maximum absolute atomic E-state index is 11.3. The Labute approximate surface area is 93.9 Å². The van der Waals surface area contributed by atoms with Gasteiger partial charge in [0.05, 0.1) is 19.6 Å². The number of alkyl carbamates (subject to hydrolysis) is 1. The molecule has 1 amide bonds. The monoisotopic (exact) mass is 228 g/mol. The molecule has 2 atom stereocenters. The highest BCUT2D eigenvalue weighted by Gasteiger charge is 2.32. The first-order valence-electron chi connectivity index (χ1n) is 5.43. The second-order valence-corrected chi connectivity index (χ2v) is 4.18. The number of esters is 1. The number of carbonyl (C=O) groups excluding carboxylic acids is 2. The number of likely N-dealkylation sites (tertiary alicyclic amines) is 1. The van der Waals surface area contributed by atoms with Gasteiger partial charge in [0, 0.05) is 13.1 Å². The molecule has 2 fully saturated rings. The number of rotatable bonds is 3. The molecule has 0 radical (unpaired) electrons. The Bertz CT molecular complexity index is 295. The van der Waals surface area contributed by atoms with E-state index in [9.17, 15) is 9.59 Å². The number of hydrogen-bond donors (Lipinski definition) is 1. The van der Waals surface area contributed by atoms with Crippen LogP contribution in [0, 0.1) is 5.92 Å². The molecule has 0 aromatic rings. The van der Waals surface area contributed by atoms with Gasteiger partial charge in [-0.3, -0.25) is 9.69 Å². The molecule has 0 aliphatic carbocycles. The molecule has 2 aliphatic rings. The Balaban J connectivity index is 1.76. The van der Waals surface area contributed by atoms with Crippen LogP contribution in [-0.2, 0) is 14.3 Å². The van der Waals surface area contributed by atoms with Crippen molar-refractivity contribution in [3.63, 3.8) is 0 Å². The van der Waals surface area contributed by atoms with E-state index in [-0.39, 0.29) is 24.1 Å². The van der Waals surface area contributed by atoms with Gasteiger partial charge in [-0.25, -0.2) is 4.79 Å². The molecule has 16 heavy (non-hydrogen) atoms. The van der Waals surface area contributed by atoms with Crippen LogP contribution in [0.4, 0.5) is 4.79 Å². The summed E-state index contributed by atoms with van der Waals surface area (Å²) in [4.78, 5) is 24.3. The van der Waals surface area contributed by atoms with Gasteiger partial charge in [-0.1, -0.05) is 0 Å². The van der Waals surface area contributed by atoms with Crippen molar-refractivity contribution in [1.82, 2.24) is 10.2 Å². The van der Waals surface area contributed by atoms with Crippen molar-refractivity contribution in [2.45, 2.75) is 12.5 Å². The van der Waals surface area contributed by atoms with E-state index >= 15 is 0 Å². The normalized spacial score (nSPS) is 29.9. The van der Waals surface area contributed by atoms with Gasteiger partial charge >= 0.3 is 12.1 Å². The highest BCUT2D eigenvalue weighted by molar-refractivity contribution is 5.72. The SMILES string of the molecule is COC(=O)C1CCN(CC2CNC(=O)O2)C1. The maximum Gasteiger partial charge on any atom is 0.407 e. The molecule has 6 heteroatoms.